The Kier molecular flexibility index (Phi) is 8.03. The average molecular weight is 405 g/mol. The van der Waals surface area contributed by atoms with Gasteiger partial charge in [0.05, 0.1) is 0 Å². The summed E-state index contributed by atoms with van der Waals surface area (Å²) in [4.78, 5) is 46.7. The molecule has 2 rings (SSSR count). The molecule has 0 aliphatic heterocycles. The Morgan fingerprint density at radius 2 is 1.75 bits per heavy atom. The molecule has 11 heteroatoms. The van der Waals surface area contributed by atoms with Crippen LogP contribution in [0, 0.1) is 6.92 Å². The van der Waals surface area contributed by atoms with E-state index in [9.17, 15) is 19.2 Å². The van der Waals surface area contributed by atoms with Gasteiger partial charge in [-0.05, 0) is 25.5 Å². The maximum Gasteiger partial charge on any atom is 0.306 e. The van der Waals surface area contributed by atoms with Crippen molar-refractivity contribution in [2.75, 3.05) is 11.9 Å². The quantitative estimate of drug-likeness (QED) is 0.439. The van der Waals surface area contributed by atoms with Gasteiger partial charge in [-0.3, -0.25) is 30.0 Å². The van der Waals surface area contributed by atoms with Crippen LogP contribution in [0.25, 0.3) is 0 Å². The second-order valence-electron chi connectivity index (χ2n) is 5.56. The molecule has 0 spiro atoms. The molecule has 0 radical (unpaired) electrons. The van der Waals surface area contributed by atoms with Gasteiger partial charge in [-0.15, -0.1) is 10.2 Å². The molecule has 28 heavy (non-hydrogen) atoms. The monoisotopic (exact) mass is 405 g/mol. The lowest BCUT2D eigenvalue weighted by Crippen LogP contribution is -2.43. The standard InChI is InChI=1S/C17H19N5O5S/c1-11-19-22-17(28-11)18-13(23)8-5-9-15(25)27-10-14(24)20-21-16(26)12-6-3-2-4-7-12/h2-4,6-7H,5,8-10H2,1H3,(H,20,24)(H,21,26)(H,18,22,23). The number of hydrazine groups is 1. The lowest BCUT2D eigenvalue weighted by Gasteiger charge is -2.08. The zero-order chi connectivity index (χ0) is 20.4. The van der Waals surface area contributed by atoms with Gasteiger partial charge in [0.15, 0.2) is 6.61 Å². The first-order valence-electron chi connectivity index (χ1n) is 8.34. The lowest BCUT2D eigenvalue weighted by molar-refractivity contribution is -0.148. The summed E-state index contributed by atoms with van der Waals surface area (Å²) in [5, 5.41) is 11.3. The Morgan fingerprint density at radius 1 is 1.00 bits per heavy atom. The van der Waals surface area contributed by atoms with Crippen LogP contribution < -0.4 is 16.2 Å². The molecule has 1 aromatic carbocycles. The normalized spacial score (nSPS) is 10.0. The number of benzene rings is 1. The number of aryl methyl sites for hydroxylation is 1. The number of nitrogens with zero attached hydrogens (tertiary/aromatic N) is 2. The first-order valence-corrected chi connectivity index (χ1v) is 9.15. The highest BCUT2D eigenvalue weighted by Gasteiger charge is 2.11. The van der Waals surface area contributed by atoms with Crippen LogP contribution in [0.3, 0.4) is 0 Å². The molecule has 0 atom stereocenters. The summed E-state index contributed by atoms with van der Waals surface area (Å²) in [5.74, 6) is -2.08. The second-order valence-corrected chi connectivity index (χ2v) is 6.74. The Morgan fingerprint density at radius 3 is 2.43 bits per heavy atom. The molecule has 0 fully saturated rings. The van der Waals surface area contributed by atoms with Crippen molar-refractivity contribution in [1.82, 2.24) is 21.0 Å². The number of aromatic nitrogens is 2. The van der Waals surface area contributed by atoms with Crippen LogP contribution in [-0.4, -0.2) is 40.5 Å². The second kappa shape index (κ2) is 10.7. The number of esters is 1. The minimum atomic E-state index is -0.679. The van der Waals surface area contributed by atoms with E-state index in [1.54, 1.807) is 37.3 Å². The summed E-state index contributed by atoms with van der Waals surface area (Å²) in [7, 11) is 0. The first-order chi connectivity index (χ1) is 13.4. The summed E-state index contributed by atoms with van der Waals surface area (Å²) < 4.78 is 4.79. The third-order valence-corrected chi connectivity index (χ3v) is 4.03. The molecular formula is C17H19N5O5S. The van der Waals surface area contributed by atoms with Crippen LogP contribution in [0.15, 0.2) is 30.3 Å². The third-order valence-electron chi connectivity index (χ3n) is 3.27. The molecule has 0 saturated heterocycles. The van der Waals surface area contributed by atoms with Gasteiger partial charge in [-0.1, -0.05) is 29.5 Å². The maximum absolute atomic E-state index is 11.7. The molecule has 2 aromatic rings. The lowest BCUT2D eigenvalue weighted by atomic mass is 10.2. The number of carbonyl (C=O) groups excluding carboxylic acids is 4. The molecule has 0 saturated carbocycles. The van der Waals surface area contributed by atoms with Crippen molar-refractivity contribution < 1.29 is 23.9 Å². The van der Waals surface area contributed by atoms with E-state index in [1.807, 2.05) is 0 Å². The Bertz CT molecular complexity index is 839. The molecular weight excluding hydrogens is 386 g/mol. The summed E-state index contributed by atoms with van der Waals surface area (Å²) in [6.45, 7) is 1.23. The predicted octanol–water partition coefficient (Wildman–Crippen LogP) is 0.960. The van der Waals surface area contributed by atoms with Crippen molar-refractivity contribution in [3.05, 3.63) is 40.9 Å². The van der Waals surface area contributed by atoms with E-state index < -0.39 is 24.4 Å². The minimum Gasteiger partial charge on any atom is -0.455 e. The SMILES string of the molecule is Cc1nnc(NC(=O)CCCC(=O)OCC(=O)NNC(=O)c2ccccc2)s1. The van der Waals surface area contributed by atoms with Crippen molar-refractivity contribution in [3.8, 4) is 0 Å². The fourth-order valence-corrected chi connectivity index (χ4v) is 2.57. The van der Waals surface area contributed by atoms with E-state index in [2.05, 4.69) is 26.4 Å². The average Bonchev–Trinajstić information content (AvgIpc) is 3.09. The fraction of sp³-hybridized carbons (Fsp3) is 0.294. The van der Waals surface area contributed by atoms with Crippen LogP contribution in [0.2, 0.25) is 0 Å². The first kappa shape index (κ1) is 21.0. The molecule has 148 valence electrons. The summed E-state index contributed by atoms with van der Waals surface area (Å²) in [6.07, 6.45) is 0.341. The maximum atomic E-state index is 11.7. The van der Waals surface area contributed by atoms with Gasteiger partial charge in [0.1, 0.15) is 5.01 Å². The van der Waals surface area contributed by atoms with Crippen molar-refractivity contribution in [1.29, 1.82) is 0 Å². The van der Waals surface area contributed by atoms with Gasteiger partial charge in [0, 0.05) is 18.4 Å². The molecule has 1 aromatic heterocycles. The third kappa shape index (κ3) is 7.50. The zero-order valence-electron chi connectivity index (χ0n) is 15.1. The number of rotatable bonds is 8. The van der Waals surface area contributed by atoms with E-state index in [0.29, 0.717) is 10.7 Å². The summed E-state index contributed by atoms with van der Waals surface area (Å²) in [6, 6.07) is 8.31. The molecule has 10 nitrogen and oxygen atoms in total. The van der Waals surface area contributed by atoms with Crippen LogP contribution in [0.1, 0.15) is 34.6 Å². The smallest absolute Gasteiger partial charge is 0.306 e. The van der Waals surface area contributed by atoms with Gasteiger partial charge in [-0.2, -0.15) is 0 Å². The number of carbonyl (C=O) groups is 4. The van der Waals surface area contributed by atoms with E-state index in [-0.39, 0.29) is 25.2 Å². The van der Waals surface area contributed by atoms with E-state index in [1.165, 1.54) is 11.3 Å². The number of amides is 3. The Balaban J connectivity index is 1.57. The van der Waals surface area contributed by atoms with Gasteiger partial charge in [0.2, 0.25) is 11.0 Å². The van der Waals surface area contributed by atoms with E-state index in [0.717, 1.165) is 5.01 Å². The van der Waals surface area contributed by atoms with Crippen molar-refractivity contribution >= 4 is 40.2 Å². The number of ether oxygens (including phenoxy) is 1. The van der Waals surface area contributed by atoms with Gasteiger partial charge in [0.25, 0.3) is 11.8 Å². The predicted molar refractivity (Wildman–Crippen MR) is 100 cm³/mol. The molecule has 0 unspecified atom stereocenters. The van der Waals surface area contributed by atoms with Gasteiger partial charge >= 0.3 is 5.97 Å². The van der Waals surface area contributed by atoms with Crippen LogP contribution >= 0.6 is 11.3 Å². The van der Waals surface area contributed by atoms with Crippen molar-refractivity contribution in [3.63, 3.8) is 0 Å². The van der Waals surface area contributed by atoms with Gasteiger partial charge in [-0.25, -0.2) is 0 Å². The number of hydrogen-bond acceptors (Lipinski definition) is 8. The molecule has 0 bridgehead atoms. The molecule has 1 heterocycles. The van der Waals surface area contributed by atoms with Crippen LogP contribution in [-0.2, 0) is 19.1 Å². The molecule has 0 aliphatic carbocycles. The van der Waals surface area contributed by atoms with E-state index >= 15 is 0 Å². The molecule has 0 aliphatic rings. The molecule has 3 amide bonds. The highest BCUT2D eigenvalue weighted by molar-refractivity contribution is 7.15. The fourth-order valence-electron chi connectivity index (χ4n) is 1.96. The summed E-state index contributed by atoms with van der Waals surface area (Å²) >= 11 is 1.25. The Hall–Kier alpha value is -3.34. The highest BCUT2D eigenvalue weighted by atomic mass is 32.1. The van der Waals surface area contributed by atoms with Crippen molar-refractivity contribution in [2.24, 2.45) is 0 Å². The topological polar surface area (TPSA) is 139 Å². The minimum absolute atomic E-state index is 0.0216. The number of anilines is 1. The summed E-state index contributed by atoms with van der Waals surface area (Å²) in [5.41, 5.74) is 4.74. The zero-order valence-corrected chi connectivity index (χ0v) is 15.9. The van der Waals surface area contributed by atoms with Crippen molar-refractivity contribution in [2.45, 2.75) is 26.2 Å². The molecule has 3 N–H and O–H groups in total. The van der Waals surface area contributed by atoms with Gasteiger partial charge < -0.3 is 10.1 Å². The Labute approximate surface area is 164 Å². The number of nitrogens with one attached hydrogen (secondary N) is 3. The van der Waals surface area contributed by atoms with E-state index in [4.69, 9.17) is 4.74 Å². The van der Waals surface area contributed by atoms with Crippen LogP contribution in [0.5, 0.6) is 0 Å². The largest absolute Gasteiger partial charge is 0.455 e. The van der Waals surface area contributed by atoms with Crippen LogP contribution in [0.4, 0.5) is 5.13 Å². The number of hydrogen-bond donors (Lipinski definition) is 3. The highest BCUT2D eigenvalue weighted by Crippen LogP contribution is 2.14.